The molecule has 35 heavy (non-hydrogen) atoms. The van der Waals surface area contributed by atoms with Gasteiger partial charge in [0.05, 0.1) is 17.6 Å². The van der Waals surface area contributed by atoms with Crippen LogP contribution in [0, 0.1) is 20.8 Å². The molecule has 0 radical (unpaired) electrons. The molecular formula is C27H26N2O5S. The number of carbonyl (C=O) groups excluding carboxylic acids is 2. The van der Waals surface area contributed by atoms with Crippen molar-refractivity contribution < 1.29 is 22.4 Å². The minimum absolute atomic E-state index is 0.0793. The first-order valence-corrected chi connectivity index (χ1v) is 12.9. The van der Waals surface area contributed by atoms with Crippen LogP contribution in [-0.4, -0.2) is 26.5 Å². The van der Waals surface area contributed by atoms with Crippen molar-refractivity contribution in [3.05, 3.63) is 88.7 Å². The zero-order valence-corrected chi connectivity index (χ0v) is 20.7. The lowest BCUT2D eigenvalue weighted by atomic mass is 10.0. The summed E-state index contributed by atoms with van der Waals surface area (Å²) in [6, 6.07) is 15.0. The van der Waals surface area contributed by atoms with Crippen molar-refractivity contribution in [3.63, 3.8) is 0 Å². The Balaban J connectivity index is 1.44. The molecule has 1 aromatic heterocycles. The summed E-state index contributed by atoms with van der Waals surface area (Å²) in [5.41, 5.74) is 5.95. The molecule has 0 aliphatic carbocycles. The van der Waals surface area contributed by atoms with Crippen LogP contribution in [0.2, 0.25) is 0 Å². The maximum atomic E-state index is 12.7. The molecule has 3 aromatic carbocycles. The molecule has 0 aliphatic heterocycles. The van der Waals surface area contributed by atoms with Gasteiger partial charge in [0.1, 0.15) is 5.58 Å². The van der Waals surface area contributed by atoms with Crippen molar-refractivity contribution >= 4 is 44.0 Å². The fourth-order valence-electron chi connectivity index (χ4n) is 3.85. The van der Waals surface area contributed by atoms with Crippen LogP contribution < -0.4 is 10.6 Å². The topological polar surface area (TPSA) is 105 Å². The normalized spacial score (nSPS) is 11.4. The summed E-state index contributed by atoms with van der Waals surface area (Å²) in [5.74, 6) is -0.604. The van der Waals surface area contributed by atoms with E-state index in [4.69, 9.17) is 4.42 Å². The second-order valence-corrected chi connectivity index (χ2v) is 10.7. The van der Waals surface area contributed by atoms with Crippen molar-refractivity contribution in [3.8, 4) is 0 Å². The number of carbonyl (C=O) groups is 2. The second kappa shape index (κ2) is 9.38. The van der Waals surface area contributed by atoms with Crippen molar-refractivity contribution in [2.75, 3.05) is 16.9 Å². The average Bonchev–Trinajstić information content (AvgIpc) is 3.20. The third-order valence-corrected chi connectivity index (χ3v) is 7.09. The van der Waals surface area contributed by atoms with Gasteiger partial charge in [-0.2, -0.15) is 0 Å². The molecule has 2 amide bonds. The molecule has 8 heteroatoms. The Labute approximate surface area is 204 Å². The minimum Gasteiger partial charge on any atom is -0.464 e. The molecule has 4 aromatic rings. The molecule has 0 bridgehead atoms. The van der Waals surface area contributed by atoms with Crippen LogP contribution in [0.1, 0.15) is 32.6 Å². The van der Waals surface area contributed by atoms with Gasteiger partial charge in [-0.05, 0) is 73.9 Å². The Morgan fingerprint density at radius 2 is 1.69 bits per heavy atom. The molecule has 0 atom stereocenters. The van der Waals surface area contributed by atoms with Gasteiger partial charge in [-0.1, -0.05) is 18.2 Å². The van der Waals surface area contributed by atoms with Gasteiger partial charge in [0, 0.05) is 34.1 Å². The lowest BCUT2D eigenvalue weighted by Crippen LogP contribution is -2.15. The number of benzene rings is 3. The predicted molar refractivity (Wildman–Crippen MR) is 137 cm³/mol. The molecule has 1 heterocycles. The smallest absolute Gasteiger partial charge is 0.255 e. The van der Waals surface area contributed by atoms with Crippen LogP contribution in [0.5, 0.6) is 0 Å². The van der Waals surface area contributed by atoms with Gasteiger partial charge >= 0.3 is 0 Å². The van der Waals surface area contributed by atoms with E-state index in [1.54, 1.807) is 30.5 Å². The van der Waals surface area contributed by atoms with Crippen molar-refractivity contribution in [1.29, 1.82) is 0 Å². The molecule has 4 rings (SSSR count). The van der Waals surface area contributed by atoms with E-state index in [-0.39, 0.29) is 22.8 Å². The monoisotopic (exact) mass is 490 g/mol. The molecule has 2 N–H and O–H groups in total. The minimum atomic E-state index is -3.42. The Morgan fingerprint density at radius 1 is 0.914 bits per heavy atom. The van der Waals surface area contributed by atoms with Gasteiger partial charge in [0.2, 0.25) is 5.91 Å². The second-order valence-electron chi connectivity index (χ2n) is 8.65. The van der Waals surface area contributed by atoms with Gasteiger partial charge in [-0.25, -0.2) is 8.42 Å². The first-order valence-electron chi connectivity index (χ1n) is 11.0. The fourth-order valence-corrected chi connectivity index (χ4v) is 4.51. The molecule has 0 unspecified atom stereocenters. The number of rotatable bonds is 6. The summed E-state index contributed by atoms with van der Waals surface area (Å²) in [6.45, 7) is 5.83. The molecule has 0 saturated carbocycles. The number of nitrogens with one attached hydrogen (secondary N) is 2. The molecule has 0 aliphatic rings. The third-order valence-electron chi connectivity index (χ3n) is 5.98. The highest BCUT2D eigenvalue weighted by Crippen LogP contribution is 2.27. The summed E-state index contributed by atoms with van der Waals surface area (Å²) in [4.78, 5) is 25.4. The van der Waals surface area contributed by atoms with E-state index in [0.717, 1.165) is 39.5 Å². The Kier molecular flexibility index (Phi) is 6.49. The Hall–Kier alpha value is -3.91. The van der Waals surface area contributed by atoms with Crippen LogP contribution in [-0.2, 0) is 21.1 Å². The molecule has 180 valence electrons. The van der Waals surface area contributed by atoms with Crippen LogP contribution in [0.4, 0.5) is 11.4 Å². The van der Waals surface area contributed by atoms with Crippen LogP contribution in [0.25, 0.3) is 11.0 Å². The Morgan fingerprint density at radius 3 is 2.40 bits per heavy atom. The van der Waals surface area contributed by atoms with Crippen molar-refractivity contribution in [1.82, 2.24) is 0 Å². The van der Waals surface area contributed by atoms with E-state index in [1.807, 2.05) is 32.9 Å². The number of hydrogen-bond donors (Lipinski definition) is 2. The maximum absolute atomic E-state index is 12.7. The van der Waals surface area contributed by atoms with Crippen LogP contribution in [0.3, 0.4) is 0 Å². The zero-order valence-electron chi connectivity index (χ0n) is 19.9. The average molecular weight is 491 g/mol. The highest BCUT2D eigenvalue weighted by atomic mass is 32.2. The number of sulfone groups is 1. The van der Waals surface area contributed by atoms with Gasteiger partial charge in [0.25, 0.3) is 5.91 Å². The first-order chi connectivity index (χ1) is 16.5. The first kappa shape index (κ1) is 24.2. The number of hydrogen-bond acceptors (Lipinski definition) is 5. The van der Waals surface area contributed by atoms with Crippen molar-refractivity contribution in [2.24, 2.45) is 0 Å². The summed E-state index contributed by atoms with van der Waals surface area (Å²) >= 11 is 0. The lowest BCUT2D eigenvalue weighted by molar-refractivity contribution is -0.115. The van der Waals surface area contributed by atoms with E-state index < -0.39 is 15.7 Å². The molecule has 0 fully saturated rings. The summed E-state index contributed by atoms with van der Waals surface area (Å²) < 4.78 is 29.2. The number of furan rings is 1. The summed E-state index contributed by atoms with van der Waals surface area (Å²) in [5, 5.41) is 6.61. The molecule has 0 saturated heterocycles. The number of amides is 2. The predicted octanol–water partition coefficient (Wildman–Crippen LogP) is 5.20. The Bertz CT molecular complexity index is 1570. The highest BCUT2D eigenvalue weighted by molar-refractivity contribution is 7.90. The largest absolute Gasteiger partial charge is 0.464 e. The molecular weight excluding hydrogens is 464 g/mol. The standard InChI is InChI=1S/C27H26N2O5S/c1-16-8-10-23-20(15-34-26(23)18(16)3)14-25(30)28-21-9-11-24(17(2)12-21)29-27(31)19-6-5-7-22(13-19)35(4,32)33/h5-13,15H,14H2,1-4H3,(H,28,30)(H,29,31). The number of aryl methyl sites for hydroxylation is 3. The lowest BCUT2D eigenvalue weighted by Gasteiger charge is -2.12. The van der Waals surface area contributed by atoms with E-state index in [1.165, 1.54) is 18.2 Å². The number of anilines is 2. The third kappa shape index (κ3) is 5.27. The summed E-state index contributed by atoms with van der Waals surface area (Å²) in [7, 11) is -3.42. The van der Waals surface area contributed by atoms with Gasteiger partial charge in [-0.15, -0.1) is 0 Å². The van der Waals surface area contributed by atoms with E-state index in [0.29, 0.717) is 11.4 Å². The highest BCUT2D eigenvalue weighted by Gasteiger charge is 2.15. The van der Waals surface area contributed by atoms with Gasteiger partial charge in [-0.3, -0.25) is 9.59 Å². The van der Waals surface area contributed by atoms with Gasteiger partial charge < -0.3 is 15.1 Å². The van der Waals surface area contributed by atoms with E-state index >= 15 is 0 Å². The maximum Gasteiger partial charge on any atom is 0.255 e. The van der Waals surface area contributed by atoms with Crippen LogP contribution >= 0.6 is 0 Å². The zero-order chi connectivity index (χ0) is 25.3. The molecule has 0 spiro atoms. The van der Waals surface area contributed by atoms with Crippen LogP contribution in [0.15, 0.2) is 70.2 Å². The van der Waals surface area contributed by atoms with E-state index in [9.17, 15) is 18.0 Å². The molecule has 7 nitrogen and oxygen atoms in total. The summed E-state index contributed by atoms with van der Waals surface area (Å²) in [6.07, 6.45) is 2.89. The van der Waals surface area contributed by atoms with Crippen molar-refractivity contribution in [2.45, 2.75) is 32.1 Å². The quantitative estimate of drug-likeness (QED) is 0.387. The van der Waals surface area contributed by atoms with Gasteiger partial charge in [0.15, 0.2) is 9.84 Å². The number of fused-ring (bicyclic) bond motifs is 1. The SMILES string of the molecule is Cc1cc(NC(=O)Cc2coc3c(C)c(C)ccc23)ccc1NC(=O)c1cccc(S(C)(=O)=O)c1. The fraction of sp³-hybridized carbons (Fsp3) is 0.185. The van der Waals surface area contributed by atoms with E-state index in [2.05, 4.69) is 10.6 Å².